The van der Waals surface area contributed by atoms with Crippen LogP contribution in [-0.2, 0) is 0 Å². The van der Waals surface area contributed by atoms with Gasteiger partial charge in [-0.3, -0.25) is 9.69 Å². The molecular formula is C12H15N3O2. The van der Waals surface area contributed by atoms with Crippen LogP contribution >= 0.6 is 0 Å². The number of urea groups is 1. The van der Waals surface area contributed by atoms with E-state index in [4.69, 9.17) is 5.73 Å². The molecule has 0 atom stereocenters. The monoisotopic (exact) mass is 233 g/mol. The number of rotatable bonds is 3. The van der Waals surface area contributed by atoms with Crippen molar-refractivity contribution in [3.05, 3.63) is 29.8 Å². The fraction of sp³-hybridized carbons (Fsp3) is 0.333. The number of nitrogens with zero attached hydrogens (tertiary/aromatic N) is 2. The zero-order chi connectivity index (χ0) is 12.4. The summed E-state index contributed by atoms with van der Waals surface area (Å²) in [5, 5.41) is 0. The standard InChI is InChI=1S/C12H15N3O2/c1-14-5-6-15(12(14)17)10-4-2-3-9(7-10)11(16)8-13/h2-4,7H,5-6,8,13H2,1H3. The molecule has 0 aliphatic carbocycles. The van der Waals surface area contributed by atoms with Gasteiger partial charge in [0.05, 0.1) is 6.54 Å². The molecule has 5 nitrogen and oxygen atoms in total. The molecule has 1 fully saturated rings. The van der Waals surface area contributed by atoms with Gasteiger partial charge < -0.3 is 10.6 Å². The van der Waals surface area contributed by atoms with E-state index in [1.54, 1.807) is 35.0 Å². The molecule has 1 aromatic rings. The van der Waals surface area contributed by atoms with E-state index in [0.717, 1.165) is 5.69 Å². The molecule has 2 amide bonds. The summed E-state index contributed by atoms with van der Waals surface area (Å²) in [6, 6.07) is 6.98. The van der Waals surface area contributed by atoms with Crippen LogP contribution < -0.4 is 10.6 Å². The van der Waals surface area contributed by atoms with Crippen LogP contribution in [0.1, 0.15) is 10.4 Å². The van der Waals surface area contributed by atoms with E-state index < -0.39 is 0 Å². The zero-order valence-corrected chi connectivity index (χ0v) is 9.72. The van der Waals surface area contributed by atoms with Crippen LogP contribution in [0.25, 0.3) is 0 Å². The molecule has 90 valence electrons. The number of carbonyl (C=O) groups is 2. The third kappa shape index (κ3) is 2.14. The van der Waals surface area contributed by atoms with Crippen molar-refractivity contribution < 1.29 is 9.59 Å². The SMILES string of the molecule is CN1CCN(c2cccc(C(=O)CN)c2)C1=O. The fourth-order valence-corrected chi connectivity index (χ4v) is 1.85. The van der Waals surface area contributed by atoms with Gasteiger partial charge in [-0.25, -0.2) is 4.79 Å². The van der Waals surface area contributed by atoms with Crippen molar-refractivity contribution in [1.82, 2.24) is 4.90 Å². The van der Waals surface area contributed by atoms with Gasteiger partial charge >= 0.3 is 6.03 Å². The van der Waals surface area contributed by atoms with E-state index in [-0.39, 0.29) is 18.4 Å². The Morgan fingerprint density at radius 3 is 2.76 bits per heavy atom. The molecule has 1 saturated heterocycles. The smallest absolute Gasteiger partial charge is 0.324 e. The molecule has 0 saturated carbocycles. The Morgan fingerprint density at radius 2 is 2.18 bits per heavy atom. The second kappa shape index (κ2) is 4.55. The molecule has 2 rings (SSSR count). The van der Waals surface area contributed by atoms with Gasteiger partial charge in [0.15, 0.2) is 5.78 Å². The first-order chi connectivity index (χ1) is 8.13. The van der Waals surface area contributed by atoms with Gasteiger partial charge in [0.1, 0.15) is 0 Å². The number of ketones is 1. The van der Waals surface area contributed by atoms with E-state index in [2.05, 4.69) is 0 Å². The van der Waals surface area contributed by atoms with Crippen molar-refractivity contribution >= 4 is 17.5 Å². The minimum Gasteiger partial charge on any atom is -0.326 e. The Labute approximate surface area is 99.8 Å². The van der Waals surface area contributed by atoms with Crippen molar-refractivity contribution in [2.75, 3.05) is 31.6 Å². The lowest BCUT2D eigenvalue weighted by molar-refractivity contribution is 0.100. The van der Waals surface area contributed by atoms with Crippen LogP contribution in [-0.4, -0.2) is 43.4 Å². The summed E-state index contributed by atoms with van der Waals surface area (Å²) in [7, 11) is 1.76. The lowest BCUT2D eigenvalue weighted by Gasteiger charge is -2.16. The lowest BCUT2D eigenvalue weighted by Crippen LogP contribution is -2.29. The van der Waals surface area contributed by atoms with Gasteiger partial charge in [-0.05, 0) is 12.1 Å². The van der Waals surface area contributed by atoms with E-state index in [1.807, 2.05) is 6.07 Å². The summed E-state index contributed by atoms with van der Waals surface area (Å²) in [5.74, 6) is -0.119. The third-order valence-corrected chi connectivity index (χ3v) is 2.88. The minimum absolute atomic E-state index is 0.0166. The number of carbonyl (C=O) groups excluding carboxylic acids is 2. The quantitative estimate of drug-likeness (QED) is 0.781. The number of likely N-dealkylation sites (N-methyl/N-ethyl adjacent to an activating group) is 1. The second-order valence-corrected chi connectivity index (χ2v) is 4.03. The summed E-state index contributed by atoms with van der Waals surface area (Å²) >= 11 is 0. The molecule has 17 heavy (non-hydrogen) atoms. The summed E-state index contributed by atoms with van der Waals surface area (Å²) in [6.07, 6.45) is 0. The maximum Gasteiger partial charge on any atom is 0.324 e. The van der Waals surface area contributed by atoms with Crippen LogP contribution in [0, 0.1) is 0 Å². The molecule has 0 unspecified atom stereocenters. The number of benzene rings is 1. The van der Waals surface area contributed by atoms with Crippen LogP contribution in [0.15, 0.2) is 24.3 Å². The van der Waals surface area contributed by atoms with Crippen molar-refractivity contribution in [3.63, 3.8) is 0 Å². The predicted molar refractivity (Wildman–Crippen MR) is 65.2 cm³/mol. The number of amides is 2. The van der Waals surface area contributed by atoms with E-state index >= 15 is 0 Å². The highest BCUT2D eigenvalue weighted by atomic mass is 16.2. The minimum atomic E-state index is -0.119. The number of hydrogen-bond donors (Lipinski definition) is 1. The zero-order valence-electron chi connectivity index (χ0n) is 9.72. The summed E-state index contributed by atoms with van der Waals surface area (Å²) < 4.78 is 0. The molecule has 0 radical (unpaired) electrons. The number of Topliss-reactive ketones (excluding diaryl/α,β-unsaturated/α-hetero) is 1. The Morgan fingerprint density at radius 1 is 1.41 bits per heavy atom. The third-order valence-electron chi connectivity index (χ3n) is 2.88. The Balaban J connectivity index is 2.28. The van der Waals surface area contributed by atoms with Crippen molar-refractivity contribution in [2.24, 2.45) is 5.73 Å². The Kier molecular flexibility index (Phi) is 3.10. The molecule has 0 aromatic heterocycles. The van der Waals surface area contributed by atoms with Crippen LogP contribution in [0.2, 0.25) is 0 Å². The lowest BCUT2D eigenvalue weighted by atomic mass is 10.1. The van der Waals surface area contributed by atoms with Crippen molar-refractivity contribution in [1.29, 1.82) is 0 Å². The van der Waals surface area contributed by atoms with Crippen molar-refractivity contribution in [2.45, 2.75) is 0 Å². The van der Waals surface area contributed by atoms with Gasteiger partial charge in [-0.2, -0.15) is 0 Å². The second-order valence-electron chi connectivity index (χ2n) is 4.03. The van der Waals surface area contributed by atoms with Gasteiger partial charge in [-0.15, -0.1) is 0 Å². The van der Waals surface area contributed by atoms with E-state index in [1.165, 1.54) is 0 Å². The summed E-state index contributed by atoms with van der Waals surface area (Å²) in [5.41, 5.74) is 6.62. The predicted octanol–water partition coefficient (Wildman–Crippen LogP) is 0.700. The van der Waals surface area contributed by atoms with E-state index in [9.17, 15) is 9.59 Å². The Hall–Kier alpha value is -1.88. The Bertz CT molecular complexity index is 459. The first-order valence-electron chi connectivity index (χ1n) is 5.49. The molecular weight excluding hydrogens is 218 g/mol. The normalized spacial score (nSPS) is 15.5. The molecule has 0 bridgehead atoms. The first-order valence-corrected chi connectivity index (χ1v) is 5.49. The van der Waals surface area contributed by atoms with E-state index in [0.29, 0.717) is 18.7 Å². The summed E-state index contributed by atoms with van der Waals surface area (Å²) in [6.45, 7) is 1.33. The molecule has 1 aromatic carbocycles. The average molecular weight is 233 g/mol. The highest BCUT2D eigenvalue weighted by Gasteiger charge is 2.26. The van der Waals surface area contributed by atoms with Crippen LogP contribution in [0.4, 0.5) is 10.5 Å². The van der Waals surface area contributed by atoms with Gasteiger partial charge in [0.25, 0.3) is 0 Å². The molecule has 1 aliphatic heterocycles. The molecule has 1 heterocycles. The molecule has 5 heteroatoms. The number of anilines is 1. The number of nitrogens with two attached hydrogens (primary N) is 1. The topological polar surface area (TPSA) is 66.6 Å². The maximum absolute atomic E-state index is 11.8. The average Bonchev–Trinajstić information content (AvgIpc) is 2.69. The fourth-order valence-electron chi connectivity index (χ4n) is 1.85. The van der Waals surface area contributed by atoms with Crippen LogP contribution in [0.3, 0.4) is 0 Å². The highest BCUT2D eigenvalue weighted by molar-refractivity contribution is 6.00. The molecule has 2 N–H and O–H groups in total. The van der Waals surface area contributed by atoms with Crippen molar-refractivity contribution in [3.8, 4) is 0 Å². The van der Waals surface area contributed by atoms with Crippen LogP contribution in [0.5, 0.6) is 0 Å². The maximum atomic E-state index is 11.8. The van der Waals surface area contributed by atoms with Gasteiger partial charge in [-0.1, -0.05) is 12.1 Å². The largest absolute Gasteiger partial charge is 0.326 e. The molecule has 1 aliphatic rings. The molecule has 0 spiro atoms. The first kappa shape index (κ1) is 11.6. The van der Waals surface area contributed by atoms with Gasteiger partial charge in [0.2, 0.25) is 0 Å². The van der Waals surface area contributed by atoms with Gasteiger partial charge in [0, 0.05) is 31.4 Å². The number of hydrogen-bond acceptors (Lipinski definition) is 3. The highest BCUT2D eigenvalue weighted by Crippen LogP contribution is 2.20. The summed E-state index contributed by atoms with van der Waals surface area (Å²) in [4.78, 5) is 26.6.